The van der Waals surface area contributed by atoms with Gasteiger partial charge in [-0.05, 0) is 6.07 Å². The second-order valence-corrected chi connectivity index (χ2v) is 3.55. The van der Waals surface area contributed by atoms with Crippen LogP contribution in [0.4, 0.5) is 0 Å². The predicted octanol–water partition coefficient (Wildman–Crippen LogP) is 1.53. The zero-order valence-corrected chi connectivity index (χ0v) is 8.98. The predicted molar refractivity (Wildman–Crippen MR) is 61.8 cm³/mol. The van der Waals surface area contributed by atoms with Crippen LogP contribution in [-0.4, -0.2) is 24.9 Å². The van der Waals surface area contributed by atoms with Gasteiger partial charge in [-0.2, -0.15) is 0 Å². The molecule has 0 aromatic heterocycles. The van der Waals surface area contributed by atoms with Crippen molar-refractivity contribution in [2.45, 2.75) is 6.42 Å². The number of phenolic OH excluding ortho intramolecular Hbond substituents is 1. The summed E-state index contributed by atoms with van der Waals surface area (Å²) in [5.74, 6) is 1.45. The Morgan fingerprint density at radius 3 is 2.62 bits per heavy atom. The molecule has 0 fully saturated rings. The number of hydrogen-bond acceptors (Lipinski definition) is 4. The van der Waals surface area contributed by atoms with Gasteiger partial charge in [0.15, 0.2) is 11.5 Å². The molecule has 1 aliphatic heterocycles. The average Bonchev–Trinajstić information content (AvgIpc) is 2.50. The van der Waals surface area contributed by atoms with Gasteiger partial charge in [0, 0.05) is 24.6 Å². The molecule has 1 heterocycles. The molecule has 0 saturated carbocycles. The zero-order valence-electron chi connectivity index (χ0n) is 8.98. The van der Waals surface area contributed by atoms with Crippen LogP contribution in [0.1, 0.15) is 12.0 Å². The minimum Gasteiger partial charge on any atom is -0.507 e. The molecule has 1 aliphatic rings. The molecule has 16 heavy (non-hydrogen) atoms. The van der Waals surface area contributed by atoms with E-state index in [1.54, 1.807) is 24.3 Å². The summed E-state index contributed by atoms with van der Waals surface area (Å²) in [6, 6.07) is 3.35. The van der Waals surface area contributed by atoms with Crippen LogP contribution in [0.25, 0.3) is 6.08 Å². The van der Waals surface area contributed by atoms with Crippen molar-refractivity contribution < 1.29 is 14.6 Å². The lowest BCUT2D eigenvalue weighted by molar-refractivity contribution is 0.296. The van der Waals surface area contributed by atoms with E-state index in [9.17, 15) is 5.11 Å². The van der Waals surface area contributed by atoms with Crippen LogP contribution in [0, 0.1) is 0 Å². The molecule has 0 spiro atoms. The maximum atomic E-state index is 9.76. The Kier molecular flexibility index (Phi) is 3.31. The minimum atomic E-state index is 0.175. The summed E-state index contributed by atoms with van der Waals surface area (Å²) in [4.78, 5) is 0. The number of phenols is 1. The molecule has 0 bridgehead atoms. The van der Waals surface area contributed by atoms with E-state index in [1.165, 1.54) is 0 Å². The van der Waals surface area contributed by atoms with Gasteiger partial charge in [0.25, 0.3) is 0 Å². The summed E-state index contributed by atoms with van der Waals surface area (Å²) in [7, 11) is 0. The first kappa shape index (κ1) is 10.8. The third-order valence-electron chi connectivity index (χ3n) is 2.33. The molecule has 0 radical (unpaired) electrons. The molecule has 4 nitrogen and oxygen atoms in total. The molecular weight excluding hydrogens is 206 g/mol. The van der Waals surface area contributed by atoms with Gasteiger partial charge in [0.2, 0.25) is 0 Å². The number of ether oxygens (including phenoxy) is 2. The standard InChI is InChI=1S/C12H15NO3/c13-4-1-3-9-7-11-12(8-10(9)14)16-6-2-5-15-11/h1,3,7-8,14H,2,4-6,13H2/b3-1+. The summed E-state index contributed by atoms with van der Waals surface area (Å²) in [6.45, 7) is 1.69. The Morgan fingerprint density at radius 2 is 1.94 bits per heavy atom. The maximum Gasteiger partial charge on any atom is 0.164 e. The molecule has 0 atom stereocenters. The number of hydrogen-bond donors (Lipinski definition) is 2. The van der Waals surface area contributed by atoms with Gasteiger partial charge in [-0.25, -0.2) is 0 Å². The van der Waals surface area contributed by atoms with Gasteiger partial charge in [0.05, 0.1) is 13.2 Å². The van der Waals surface area contributed by atoms with Gasteiger partial charge < -0.3 is 20.3 Å². The number of fused-ring (bicyclic) bond motifs is 1. The molecule has 0 unspecified atom stereocenters. The minimum absolute atomic E-state index is 0.175. The fourth-order valence-corrected chi connectivity index (χ4v) is 1.54. The van der Waals surface area contributed by atoms with E-state index < -0.39 is 0 Å². The third kappa shape index (κ3) is 2.28. The molecule has 0 saturated heterocycles. The number of nitrogens with two attached hydrogens (primary N) is 1. The molecule has 3 N–H and O–H groups in total. The van der Waals surface area contributed by atoms with Crippen molar-refractivity contribution in [1.29, 1.82) is 0 Å². The van der Waals surface area contributed by atoms with E-state index in [1.807, 2.05) is 0 Å². The van der Waals surface area contributed by atoms with Crippen LogP contribution in [0.15, 0.2) is 18.2 Å². The Morgan fingerprint density at radius 1 is 1.25 bits per heavy atom. The SMILES string of the molecule is NC/C=C/c1cc2c(cc1O)OCCCO2. The highest BCUT2D eigenvalue weighted by Crippen LogP contribution is 2.36. The maximum absolute atomic E-state index is 9.76. The van der Waals surface area contributed by atoms with E-state index in [0.717, 1.165) is 6.42 Å². The quantitative estimate of drug-likeness (QED) is 0.794. The summed E-state index contributed by atoms with van der Waals surface area (Å²) >= 11 is 0. The van der Waals surface area contributed by atoms with Gasteiger partial charge in [-0.1, -0.05) is 12.2 Å². The van der Waals surface area contributed by atoms with Crippen LogP contribution >= 0.6 is 0 Å². The topological polar surface area (TPSA) is 64.7 Å². The molecule has 86 valence electrons. The van der Waals surface area contributed by atoms with Crippen LogP contribution in [0.3, 0.4) is 0 Å². The monoisotopic (exact) mass is 221 g/mol. The van der Waals surface area contributed by atoms with Crippen LogP contribution in [0.5, 0.6) is 17.2 Å². The van der Waals surface area contributed by atoms with Crippen molar-refractivity contribution in [2.24, 2.45) is 5.73 Å². The Balaban J connectivity index is 2.35. The highest BCUT2D eigenvalue weighted by atomic mass is 16.5. The Bertz CT molecular complexity index is 401. The molecule has 2 rings (SSSR count). The normalized spacial score (nSPS) is 15.1. The van der Waals surface area contributed by atoms with E-state index in [2.05, 4.69) is 0 Å². The van der Waals surface area contributed by atoms with Crippen molar-refractivity contribution in [1.82, 2.24) is 0 Å². The lowest BCUT2D eigenvalue weighted by Gasteiger charge is -2.09. The van der Waals surface area contributed by atoms with Gasteiger partial charge >= 0.3 is 0 Å². The van der Waals surface area contributed by atoms with Crippen LogP contribution < -0.4 is 15.2 Å². The number of aromatic hydroxyl groups is 1. The Hall–Kier alpha value is -1.68. The molecule has 0 aliphatic carbocycles. The first-order chi connectivity index (χ1) is 7.81. The second kappa shape index (κ2) is 4.90. The lowest BCUT2D eigenvalue weighted by Crippen LogP contribution is -1.97. The van der Waals surface area contributed by atoms with Crippen LogP contribution in [-0.2, 0) is 0 Å². The highest BCUT2D eigenvalue weighted by molar-refractivity contribution is 5.63. The molecule has 1 aromatic rings. The Labute approximate surface area is 94.3 Å². The van der Waals surface area contributed by atoms with E-state index in [-0.39, 0.29) is 5.75 Å². The second-order valence-electron chi connectivity index (χ2n) is 3.55. The van der Waals surface area contributed by atoms with Crippen molar-refractivity contribution in [2.75, 3.05) is 19.8 Å². The van der Waals surface area contributed by atoms with Crippen LogP contribution in [0.2, 0.25) is 0 Å². The third-order valence-corrected chi connectivity index (χ3v) is 2.33. The molecule has 0 amide bonds. The van der Waals surface area contributed by atoms with Crippen molar-refractivity contribution >= 4 is 6.08 Å². The lowest BCUT2D eigenvalue weighted by atomic mass is 10.1. The van der Waals surface area contributed by atoms with Gasteiger partial charge in [-0.3, -0.25) is 0 Å². The molecule has 1 aromatic carbocycles. The average molecular weight is 221 g/mol. The highest BCUT2D eigenvalue weighted by Gasteiger charge is 2.13. The zero-order chi connectivity index (χ0) is 11.4. The summed E-state index contributed by atoms with van der Waals surface area (Å²) in [5, 5.41) is 9.76. The summed E-state index contributed by atoms with van der Waals surface area (Å²) < 4.78 is 11.0. The van der Waals surface area contributed by atoms with E-state index >= 15 is 0 Å². The molecular formula is C12H15NO3. The van der Waals surface area contributed by atoms with Gasteiger partial charge in [-0.15, -0.1) is 0 Å². The summed E-state index contributed by atoms with van der Waals surface area (Å²) in [6.07, 6.45) is 4.40. The number of benzene rings is 1. The fourth-order valence-electron chi connectivity index (χ4n) is 1.54. The van der Waals surface area contributed by atoms with Crippen molar-refractivity contribution in [3.8, 4) is 17.2 Å². The van der Waals surface area contributed by atoms with Crippen molar-refractivity contribution in [3.63, 3.8) is 0 Å². The smallest absolute Gasteiger partial charge is 0.164 e. The first-order valence-corrected chi connectivity index (χ1v) is 5.30. The van der Waals surface area contributed by atoms with Gasteiger partial charge in [0.1, 0.15) is 5.75 Å². The molecule has 4 heteroatoms. The fraction of sp³-hybridized carbons (Fsp3) is 0.333. The first-order valence-electron chi connectivity index (χ1n) is 5.30. The van der Waals surface area contributed by atoms with E-state index in [0.29, 0.717) is 36.8 Å². The van der Waals surface area contributed by atoms with E-state index in [4.69, 9.17) is 15.2 Å². The van der Waals surface area contributed by atoms with Crippen molar-refractivity contribution in [3.05, 3.63) is 23.8 Å². The summed E-state index contributed by atoms with van der Waals surface area (Å²) in [5.41, 5.74) is 6.05. The number of rotatable bonds is 2. The largest absolute Gasteiger partial charge is 0.507 e.